The van der Waals surface area contributed by atoms with Gasteiger partial charge in [-0.1, -0.05) is 18.2 Å². The number of para-hydroxylation sites is 1. The summed E-state index contributed by atoms with van der Waals surface area (Å²) in [5.41, 5.74) is 1.20. The first-order chi connectivity index (χ1) is 3.97. The van der Waals surface area contributed by atoms with Crippen LogP contribution < -0.4 is 4.74 Å². The topological polar surface area (TPSA) is 9.23 Å². The van der Waals surface area contributed by atoms with E-state index in [1.54, 1.807) is 6.61 Å². The molecule has 0 bridgehead atoms. The number of ether oxygens (including phenoxy) is 1. The Morgan fingerprint density at radius 1 is 1.12 bits per heavy atom. The van der Waals surface area contributed by atoms with Crippen LogP contribution in [-0.4, -0.2) is 0 Å². The Kier molecular flexibility index (Phi) is 0.618. The van der Waals surface area contributed by atoms with Crippen molar-refractivity contribution in [1.82, 2.24) is 0 Å². The van der Waals surface area contributed by atoms with Crippen LogP contribution in [0.2, 0.25) is 0 Å². The highest BCUT2D eigenvalue weighted by Gasteiger charge is 2.12. The summed E-state index contributed by atoms with van der Waals surface area (Å²) in [4.78, 5) is 0. The minimum absolute atomic E-state index is 0.993. The number of rotatable bonds is 0. The highest BCUT2D eigenvalue weighted by molar-refractivity contribution is 5.44. The van der Waals surface area contributed by atoms with E-state index in [9.17, 15) is 0 Å². The Morgan fingerprint density at radius 3 is 2.38 bits per heavy atom. The van der Waals surface area contributed by atoms with Crippen LogP contribution in [0.3, 0.4) is 0 Å². The molecule has 1 aliphatic rings. The largest absolute Gasteiger partial charge is 0.481 e. The predicted molar refractivity (Wildman–Crippen MR) is 30.5 cm³/mol. The van der Waals surface area contributed by atoms with Gasteiger partial charge in [0.2, 0.25) is 0 Å². The molecule has 39 valence electrons. The van der Waals surface area contributed by atoms with Crippen LogP contribution in [0.25, 0.3) is 0 Å². The third-order valence-electron chi connectivity index (χ3n) is 1.23. The molecule has 0 amide bonds. The monoisotopic (exact) mass is 105 g/mol. The Morgan fingerprint density at radius 2 is 2.00 bits per heavy atom. The lowest BCUT2D eigenvalue weighted by Crippen LogP contribution is -2.04. The van der Waals surface area contributed by atoms with Gasteiger partial charge in [-0.15, -0.1) is 0 Å². The molecule has 0 fully saturated rings. The van der Waals surface area contributed by atoms with E-state index in [1.165, 1.54) is 5.56 Å². The SMILES string of the molecule is [CH]1Oc2ccccc21. The van der Waals surface area contributed by atoms with Crippen LogP contribution in [0.4, 0.5) is 0 Å². The third-order valence-corrected chi connectivity index (χ3v) is 1.23. The molecule has 1 radical (unpaired) electrons. The Balaban J connectivity index is 2.62. The van der Waals surface area contributed by atoms with Gasteiger partial charge in [-0.2, -0.15) is 0 Å². The molecular formula is C7H5O. The number of hydrogen-bond donors (Lipinski definition) is 0. The summed E-state index contributed by atoms with van der Waals surface area (Å²) in [6, 6.07) is 7.94. The van der Waals surface area contributed by atoms with E-state index in [0.29, 0.717) is 0 Å². The van der Waals surface area contributed by atoms with Gasteiger partial charge in [0.15, 0.2) is 6.61 Å². The molecule has 0 spiro atoms. The van der Waals surface area contributed by atoms with Crippen molar-refractivity contribution in [2.24, 2.45) is 0 Å². The van der Waals surface area contributed by atoms with Gasteiger partial charge in [-0.05, 0) is 6.07 Å². The first-order valence-electron chi connectivity index (χ1n) is 2.56. The molecule has 1 aliphatic heterocycles. The standard InChI is InChI=1S/C7H5O/c1-2-4-7-6(3-1)5-8-7/h1-5H. The van der Waals surface area contributed by atoms with Crippen molar-refractivity contribution in [3.63, 3.8) is 0 Å². The summed E-state index contributed by atoms with van der Waals surface area (Å²) in [5.74, 6) is 0.993. The molecule has 0 aromatic heterocycles. The van der Waals surface area contributed by atoms with Crippen LogP contribution in [-0.2, 0) is 0 Å². The molecule has 1 heterocycles. The summed E-state index contributed by atoms with van der Waals surface area (Å²) >= 11 is 0. The quantitative estimate of drug-likeness (QED) is 0.486. The lowest BCUT2D eigenvalue weighted by atomic mass is 10.1. The molecule has 0 unspecified atom stereocenters. The summed E-state index contributed by atoms with van der Waals surface area (Å²) in [5, 5.41) is 0. The lowest BCUT2D eigenvalue weighted by Gasteiger charge is -2.17. The second kappa shape index (κ2) is 1.25. The van der Waals surface area contributed by atoms with Crippen LogP contribution >= 0.6 is 0 Å². The summed E-state index contributed by atoms with van der Waals surface area (Å²) in [6.45, 7) is 1.75. The molecule has 1 nitrogen and oxygen atoms in total. The molecule has 0 N–H and O–H groups in total. The maximum Gasteiger partial charge on any atom is 0.168 e. The van der Waals surface area contributed by atoms with Gasteiger partial charge in [0.05, 0.1) is 0 Å². The molecule has 0 saturated carbocycles. The summed E-state index contributed by atoms with van der Waals surface area (Å²) in [6.07, 6.45) is 0. The van der Waals surface area contributed by atoms with Crippen molar-refractivity contribution >= 4 is 0 Å². The zero-order chi connectivity index (χ0) is 5.40. The smallest absolute Gasteiger partial charge is 0.168 e. The van der Waals surface area contributed by atoms with Crippen molar-refractivity contribution in [3.8, 4) is 5.75 Å². The van der Waals surface area contributed by atoms with Crippen LogP contribution in [0, 0.1) is 6.61 Å². The third kappa shape index (κ3) is 0.360. The zero-order valence-electron chi connectivity index (χ0n) is 4.29. The van der Waals surface area contributed by atoms with Crippen molar-refractivity contribution < 1.29 is 4.74 Å². The maximum absolute atomic E-state index is 4.95. The average molecular weight is 105 g/mol. The molecular weight excluding hydrogens is 100 g/mol. The van der Waals surface area contributed by atoms with E-state index in [1.807, 2.05) is 24.3 Å². The fourth-order valence-corrected chi connectivity index (χ4v) is 0.754. The van der Waals surface area contributed by atoms with Gasteiger partial charge >= 0.3 is 0 Å². The fourth-order valence-electron chi connectivity index (χ4n) is 0.754. The molecule has 1 aromatic rings. The molecule has 2 rings (SSSR count). The maximum atomic E-state index is 4.95. The van der Waals surface area contributed by atoms with Gasteiger partial charge in [-0.3, -0.25) is 0 Å². The van der Waals surface area contributed by atoms with E-state index in [-0.39, 0.29) is 0 Å². The van der Waals surface area contributed by atoms with E-state index >= 15 is 0 Å². The van der Waals surface area contributed by atoms with Crippen LogP contribution in [0.1, 0.15) is 5.56 Å². The zero-order valence-corrected chi connectivity index (χ0v) is 4.29. The lowest BCUT2D eigenvalue weighted by molar-refractivity contribution is 0.371. The van der Waals surface area contributed by atoms with Gasteiger partial charge in [0.25, 0.3) is 0 Å². The number of fused-ring (bicyclic) bond motifs is 1. The molecule has 1 aromatic carbocycles. The number of hydrogen-bond acceptors (Lipinski definition) is 1. The first-order valence-corrected chi connectivity index (χ1v) is 2.56. The Hall–Kier alpha value is -0.980. The second-order valence-electron chi connectivity index (χ2n) is 1.77. The second-order valence-corrected chi connectivity index (χ2v) is 1.77. The van der Waals surface area contributed by atoms with E-state index in [4.69, 9.17) is 4.74 Å². The highest BCUT2D eigenvalue weighted by Crippen LogP contribution is 2.28. The number of benzene rings is 1. The molecule has 0 atom stereocenters. The van der Waals surface area contributed by atoms with E-state index in [2.05, 4.69) is 0 Å². The molecule has 1 heteroatoms. The molecule has 8 heavy (non-hydrogen) atoms. The van der Waals surface area contributed by atoms with Gasteiger partial charge in [0.1, 0.15) is 5.75 Å². The first kappa shape index (κ1) is 3.96. The van der Waals surface area contributed by atoms with E-state index < -0.39 is 0 Å². The highest BCUT2D eigenvalue weighted by atomic mass is 16.5. The molecule has 0 aliphatic carbocycles. The Labute approximate surface area is 47.9 Å². The van der Waals surface area contributed by atoms with Gasteiger partial charge in [-0.25, -0.2) is 0 Å². The van der Waals surface area contributed by atoms with Gasteiger partial charge in [0, 0.05) is 5.56 Å². The molecule has 0 saturated heterocycles. The average Bonchev–Trinajstić information content (AvgIpc) is 1.72. The fraction of sp³-hybridized carbons (Fsp3) is 0. The summed E-state index contributed by atoms with van der Waals surface area (Å²) < 4.78 is 4.95. The van der Waals surface area contributed by atoms with Crippen molar-refractivity contribution in [2.75, 3.05) is 0 Å². The van der Waals surface area contributed by atoms with Crippen molar-refractivity contribution in [1.29, 1.82) is 0 Å². The van der Waals surface area contributed by atoms with E-state index in [0.717, 1.165) is 5.75 Å². The van der Waals surface area contributed by atoms with Crippen LogP contribution in [0.15, 0.2) is 24.3 Å². The van der Waals surface area contributed by atoms with Gasteiger partial charge < -0.3 is 4.74 Å². The minimum atomic E-state index is 0.993. The van der Waals surface area contributed by atoms with Crippen molar-refractivity contribution in [3.05, 3.63) is 36.4 Å². The van der Waals surface area contributed by atoms with Crippen molar-refractivity contribution in [2.45, 2.75) is 0 Å². The normalized spacial score (nSPS) is 13.5. The minimum Gasteiger partial charge on any atom is -0.481 e. The summed E-state index contributed by atoms with van der Waals surface area (Å²) in [7, 11) is 0. The van der Waals surface area contributed by atoms with Crippen LogP contribution in [0.5, 0.6) is 5.75 Å². The Bertz CT molecular complexity index is 182. The predicted octanol–water partition coefficient (Wildman–Crippen LogP) is 1.59.